The summed E-state index contributed by atoms with van der Waals surface area (Å²) >= 11 is 0. The van der Waals surface area contributed by atoms with E-state index in [2.05, 4.69) is 27.7 Å². The van der Waals surface area contributed by atoms with Gasteiger partial charge in [0.25, 0.3) is 0 Å². The Labute approximate surface area is 161 Å². The van der Waals surface area contributed by atoms with Crippen molar-refractivity contribution in [1.29, 1.82) is 0 Å². The van der Waals surface area contributed by atoms with Crippen LogP contribution in [0.4, 0.5) is 0 Å². The van der Waals surface area contributed by atoms with Gasteiger partial charge in [-0.3, -0.25) is 9.59 Å². The molecule has 0 spiro atoms. The normalized spacial score (nSPS) is 14.6. The maximum absolute atomic E-state index is 12.5. The maximum Gasteiger partial charge on any atom is 0.306 e. The summed E-state index contributed by atoms with van der Waals surface area (Å²) in [7, 11) is 0. The van der Waals surface area contributed by atoms with E-state index in [1.54, 1.807) is 0 Å². The number of carboxylic acid groups (broad SMARTS) is 1. The molecule has 4 heteroatoms. The molecule has 1 N–H and O–H groups in total. The molecule has 2 atom stereocenters. The molecule has 0 aliphatic carbocycles. The zero-order chi connectivity index (χ0) is 19.8. The third-order valence-electron chi connectivity index (χ3n) is 5.53. The van der Waals surface area contributed by atoms with Crippen molar-refractivity contribution in [3.8, 4) is 0 Å². The number of carbonyl (C=O) groups excluding carboxylic acids is 1. The number of ether oxygens (including phenoxy) is 1. The van der Waals surface area contributed by atoms with Crippen LogP contribution in [0.1, 0.15) is 118 Å². The first-order valence-electron chi connectivity index (χ1n) is 10.9. The molecule has 0 saturated heterocycles. The van der Waals surface area contributed by atoms with E-state index in [1.165, 1.54) is 25.7 Å². The lowest BCUT2D eigenvalue weighted by atomic mass is 9.76. The lowest BCUT2D eigenvalue weighted by molar-refractivity contribution is -0.169. The van der Waals surface area contributed by atoms with Crippen LogP contribution >= 0.6 is 0 Å². The minimum Gasteiger partial charge on any atom is -0.481 e. The fraction of sp³-hybridized carbons (Fsp3) is 0.909. The number of carboxylic acids is 1. The van der Waals surface area contributed by atoms with Crippen LogP contribution in [0.5, 0.6) is 0 Å². The summed E-state index contributed by atoms with van der Waals surface area (Å²) in [6, 6.07) is 0. The maximum atomic E-state index is 12.5. The van der Waals surface area contributed by atoms with Gasteiger partial charge in [0.2, 0.25) is 0 Å². The van der Waals surface area contributed by atoms with Gasteiger partial charge in [0.05, 0.1) is 0 Å². The van der Waals surface area contributed by atoms with E-state index < -0.39 is 5.97 Å². The minimum absolute atomic E-state index is 0.122. The van der Waals surface area contributed by atoms with E-state index in [4.69, 9.17) is 9.84 Å². The number of hydrogen-bond donors (Lipinski definition) is 1. The van der Waals surface area contributed by atoms with Gasteiger partial charge in [-0.05, 0) is 50.9 Å². The Morgan fingerprint density at radius 2 is 1.50 bits per heavy atom. The predicted octanol–water partition coefficient (Wildman–Crippen LogP) is 6.51. The average molecular weight is 371 g/mol. The number of rotatable bonds is 17. The van der Waals surface area contributed by atoms with Crippen molar-refractivity contribution in [2.45, 2.75) is 123 Å². The molecule has 2 unspecified atom stereocenters. The van der Waals surface area contributed by atoms with Crippen LogP contribution in [0.3, 0.4) is 0 Å². The molecule has 0 bridgehead atoms. The molecule has 0 aliphatic heterocycles. The SMILES string of the molecule is CCCCCC(CC)C(CC)(CCCCC)OC(=O)CCCCC(=O)O. The van der Waals surface area contributed by atoms with Crippen LogP contribution in [0.15, 0.2) is 0 Å². The molecule has 0 aromatic rings. The molecule has 0 aromatic carbocycles. The summed E-state index contributed by atoms with van der Waals surface area (Å²) in [4.78, 5) is 23.1. The van der Waals surface area contributed by atoms with Crippen molar-refractivity contribution in [3.05, 3.63) is 0 Å². The smallest absolute Gasteiger partial charge is 0.306 e. The third kappa shape index (κ3) is 10.2. The molecular weight excluding hydrogens is 328 g/mol. The summed E-state index contributed by atoms with van der Waals surface area (Å²) in [5, 5.41) is 8.71. The lowest BCUT2D eigenvalue weighted by Gasteiger charge is -2.40. The minimum atomic E-state index is -0.803. The Bertz CT molecular complexity index is 380. The van der Waals surface area contributed by atoms with Gasteiger partial charge < -0.3 is 9.84 Å². The highest BCUT2D eigenvalue weighted by Gasteiger charge is 2.39. The van der Waals surface area contributed by atoms with E-state index in [0.29, 0.717) is 25.2 Å². The number of carbonyl (C=O) groups is 2. The standard InChI is InChI=1S/C22H42O4/c1-5-9-11-15-19(7-3)22(8-4,18-14-10-6-2)26-21(25)17-13-12-16-20(23)24/h19H,5-18H2,1-4H3,(H,23,24). The van der Waals surface area contributed by atoms with Gasteiger partial charge in [0.15, 0.2) is 0 Å². The van der Waals surface area contributed by atoms with Crippen molar-refractivity contribution in [3.63, 3.8) is 0 Å². The van der Waals surface area contributed by atoms with Gasteiger partial charge in [-0.2, -0.15) is 0 Å². The summed E-state index contributed by atoms with van der Waals surface area (Å²) in [5.41, 5.74) is -0.346. The summed E-state index contributed by atoms with van der Waals surface area (Å²) in [5.74, 6) is -0.538. The van der Waals surface area contributed by atoms with Crippen molar-refractivity contribution in [2.75, 3.05) is 0 Å². The van der Waals surface area contributed by atoms with Crippen molar-refractivity contribution in [2.24, 2.45) is 5.92 Å². The van der Waals surface area contributed by atoms with E-state index in [1.807, 2.05) is 0 Å². The van der Waals surface area contributed by atoms with Crippen LogP contribution in [0.25, 0.3) is 0 Å². The first-order valence-corrected chi connectivity index (χ1v) is 10.9. The van der Waals surface area contributed by atoms with Crippen LogP contribution in [0.2, 0.25) is 0 Å². The van der Waals surface area contributed by atoms with Crippen molar-refractivity contribution < 1.29 is 19.4 Å². The number of unbranched alkanes of at least 4 members (excludes halogenated alkanes) is 5. The Kier molecular flexibility index (Phi) is 14.4. The molecule has 0 aliphatic rings. The molecular formula is C22H42O4. The summed E-state index contributed by atoms with van der Waals surface area (Å²) < 4.78 is 6.14. The van der Waals surface area contributed by atoms with Gasteiger partial charge in [-0.15, -0.1) is 0 Å². The first kappa shape index (κ1) is 24.9. The summed E-state index contributed by atoms with van der Waals surface area (Å²) in [6.45, 7) is 8.76. The largest absolute Gasteiger partial charge is 0.481 e. The van der Waals surface area contributed by atoms with Crippen LogP contribution in [0, 0.1) is 5.92 Å². The lowest BCUT2D eigenvalue weighted by Crippen LogP contribution is -2.42. The first-order chi connectivity index (χ1) is 12.5. The Balaban J connectivity index is 4.91. The second-order valence-corrected chi connectivity index (χ2v) is 7.55. The zero-order valence-corrected chi connectivity index (χ0v) is 17.6. The van der Waals surface area contributed by atoms with Crippen molar-refractivity contribution in [1.82, 2.24) is 0 Å². The zero-order valence-electron chi connectivity index (χ0n) is 17.6. The predicted molar refractivity (Wildman–Crippen MR) is 107 cm³/mol. The van der Waals surface area contributed by atoms with Gasteiger partial charge in [-0.25, -0.2) is 0 Å². The topological polar surface area (TPSA) is 63.6 Å². The molecule has 154 valence electrons. The van der Waals surface area contributed by atoms with Crippen LogP contribution in [-0.2, 0) is 14.3 Å². The van der Waals surface area contributed by atoms with E-state index in [-0.39, 0.29) is 18.0 Å². The fourth-order valence-electron chi connectivity index (χ4n) is 3.85. The van der Waals surface area contributed by atoms with E-state index in [9.17, 15) is 9.59 Å². The molecule has 26 heavy (non-hydrogen) atoms. The molecule has 0 amide bonds. The Morgan fingerprint density at radius 1 is 0.885 bits per heavy atom. The van der Waals surface area contributed by atoms with Crippen LogP contribution in [-0.4, -0.2) is 22.6 Å². The van der Waals surface area contributed by atoms with E-state index in [0.717, 1.165) is 38.5 Å². The van der Waals surface area contributed by atoms with Gasteiger partial charge >= 0.3 is 11.9 Å². The van der Waals surface area contributed by atoms with Crippen LogP contribution < -0.4 is 0 Å². The quantitative estimate of drug-likeness (QED) is 0.234. The number of aliphatic carboxylic acids is 1. The number of hydrogen-bond acceptors (Lipinski definition) is 3. The molecule has 0 aromatic heterocycles. The van der Waals surface area contributed by atoms with Gasteiger partial charge in [0, 0.05) is 12.8 Å². The molecule has 0 fully saturated rings. The van der Waals surface area contributed by atoms with Gasteiger partial charge in [-0.1, -0.05) is 59.8 Å². The molecule has 4 nitrogen and oxygen atoms in total. The average Bonchev–Trinajstić information content (AvgIpc) is 2.61. The second-order valence-electron chi connectivity index (χ2n) is 7.55. The van der Waals surface area contributed by atoms with E-state index >= 15 is 0 Å². The Hall–Kier alpha value is -1.06. The molecule has 0 heterocycles. The van der Waals surface area contributed by atoms with Crippen molar-refractivity contribution >= 4 is 11.9 Å². The third-order valence-corrected chi connectivity index (χ3v) is 5.53. The molecule has 0 rings (SSSR count). The molecule has 0 saturated carbocycles. The highest BCUT2D eigenvalue weighted by Crippen LogP contribution is 2.38. The fourth-order valence-corrected chi connectivity index (χ4v) is 3.85. The summed E-state index contributed by atoms with van der Waals surface area (Å²) in [6.07, 6.45) is 12.6. The highest BCUT2D eigenvalue weighted by molar-refractivity contribution is 5.70. The Morgan fingerprint density at radius 3 is 2.04 bits per heavy atom. The number of esters is 1. The second kappa shape index (κ2) is 15.0. The monoisotopic (exact) mass is 370 g/mol. The highest BCUT2D eigenvalue weighted by atomic mass is 16.6. The molecule has 0 radical (unpaired) electrons. The van der Waals surface area contributed by atoms with Gasteiger partial charge in [0.1, 0.15) is 5.60 Å².